The molecule has 1 fully saturated rings. The molecule has 1 aliphatic rings. The highest BCUT2D eigenvalue weighted by Gasteiger charge is 2.50. The summed E-state index contributed by atoms with van der Waals surface area (Å²) in [6.07, 6.45) is 0.622. The van der Waals surface area contributed by atoms with E-state index in [1.54, 1.807) is 19.2 Å². The Morgan fingerprint density at radius 2 is 1.83 bits per heavy atom. The van der Waals surface area contributed by atoms with Gasteiger partial charge in [0, 0.05) is 19.6 Å². The van der Waals surface area contributed by atoms with Crippen LogP contribution in [-0.4, -0.2) is 58.0 Å². The van der Waals surface area contributed by atoms with Crippen LogP contribution < -0.4 is 20.5 Å². The lowest BCUT2D eigenvalue weighted by molar-refractivity contribution is -0.0496. The minimum absolute atomic E-state index is 0. The van der Waals surface area contributed by atoms with Gasteiger partial charge in [0.25, 0.3) is 0 Å². The van der Waals surface area contributed by atoms with Crippen LogP contribution in [0.3, 0.4) is 0 Å². The topological polar surface area (TPSA) is 106 Å². The molecule has 8 nitrogen and oxygen atoms in total. The van der Waals surface area contributed by atoms with Crippen molar-refractivity contribution in [1.29, 1.82) is 0 Å². The van der Waals surface area contributed by atoms with Gasteiger partial charge in [-0.2, -0.15) is 17.5 Å². The average molecular weight is 566 g/mol. The van der Waals surface area contributed by atoms with E-state index in [1.165, 1.54) is 7.11 Å². The van der Waals surface area contributed by atoms with Crippen molar-refractivity contribution < 1.29 is 31.1 Å². The molecule has 30 heavy (non-hydrogen) atoms. The molecule has 1 saturated heterocycles. The lowest BCUT2D eigenvalue weighted by atomic mass is 9.98. The van der Waals surface area contributed by atoms with Crippen LogP contribution in [0.4, 0.5) is 13.2 Å². The predicted molar refractivity (Wildman–Crippen MR) is 118 cm³/mol. The van der Waals surface area contributed by atoms with Crippen molar-refractivity contribution in [2.45, 2.75) is 24.9 Å². The standard InChI is InChI=1S/C17H25F3N4O4S.HI/c1-27-14-4-3-13(9-15(14)28-2)11-23-16(21)22-10-12-5-7-24(8-6-12)29(25,26)17(18,19)20;/h3-4,9,12H,5-8,10-11H2,1-2H3,(H3,21,22,23);1H. The summed E-state index contributed by atoms with van der Waals surface area (Å²) in [5.41, 5.74) is 1.44. The maximum atomic E-state index is 12.6. The molecule has 1 aliphatic heterocycles. The van der Waals surface area contributed by atoms with E-state index in [4.69, 9.17) is 15.2 Å². The fraction of sp³-hybridized carbons (Fsp3) is 0.588. The zero-order chi connectivity index (χ0) is 21.7. The molecule has 0 spiro atoms. The monoisotopic (exact) mass is 566 g/mol. The second kappa shape index (κ2) is 11.2. The number of rotatable bonds is 7. The maximum Gasteiger partial charge on any atom is 0.511 e. The van der Waals surface area contributed by atoms with E-state index in [0.29, 0.717) is 41.7 Å². The summed E-state index contributed by atoms with van der Waals surface area (Å²) in [6, 6.07) is 5.37. The van der Waals surface area contributed by atoms with Crippen LogP contribution in [0.5, 0.6) is 11.5 Å². The molecule has 0 atom stereocenters. The van der Waals surface area contributed by atoms with Crippen molar-refractivity contribution in [1.82, 2.24) is 9.62 Å². The number of nitrogens with one attached hydrogen (secondary N) is 1. The molecular formula is C17H26F3IN4O4S. The average Bonchev–Trinajstić information content (AvgIpc) is 2.69. The van der Waals surface area contributed by atoms with Crippen LogP contribution >= 0.6 is 24.0 Å². The summed E-state index contributed by atoms with van der Waals surface area (Å²) in [7, 11) is -2.18. The highest BCUT2D eigenvalue weighted by atomic mass is 127. The smallest absolute Gasteiger partial charge is 0.493 e. The third-order valence-electron chi connectivity index (χ3n) is 4.66. The Morgan fingerprint density at radius 3 is 2.37 bits per heavy atom. The van der Waals surface area contributed by atoms with E-state index in [-0.39, 0.29) is 48.9 Å². The first-order chi connectivity index (χ1) is 13.6. The largest absolute Gasteiger partial charge is 0.511 e. The van der Waals surface area contributed by atoms with E-state index in [1.807, 2.05) is 6.07 Å². The third-order valence-corrected chi connectivity index (χ3v) is 6.29. The molecule has 1 aromatic carbocycles. The number of nitrogens with two attached hydrogens (primary N) is 1. The molecule has 3 N–H and O–H groups in total. The normalized spacial score (nSPS) is 16.6. The van der Waals surface area contributed by atoms with Gasteiger partial charge in [-0.05, 0) is 36.5 Å². The molecule has 0 aliphatic carbocycles. The van der Waals surface area contributed by atoms with Crippen molar-refractivity contribution in [3.63, 3.8) is 0 Å². The predicted octanol–water partition coefficient (Wildman–Crippen LogP) is 2.29. The number of ether oxygens (including phenoxy) is 2. The summed E-state index contributed by atoms with van der Waals surface area (Å²) < 4.78 is 71.5. The van der Waals surface area contributed by atoms with Gasteiger partial charge in [0.2, 0.25) is 0 Å². The Labute approximate surface area is 191 Å². The quantitative estimate of drug-likeness (QED) is 0.298. The first kappa shape index (κ1) is 26.6. The Hall–Kier alpha value is -1.48. The number of alkyl halides is 3. The van der Waals surface area contributed by atoms with Gasteiger partial charge in [-0.1, -0.05) is 6.07 Å². The molecule has 0 radical (unpaired) electrons. The number of nitrogens with zero attached hydrogens (tertiary/aromatic N) is 2. The lowest BCUT2D eigenvalue weighted by Crippen LogP contribution is -2.46. The van der Waals surface area contributed by atoms with Crippen molar-refractivity contribution in [2.24, 2.45) is 16.6 Å². The molecule has 0 saturated carbocycles. The number of hydrogen-bond acceptors (Lipinski definition) is 5. The second-order valence-corrected chi connectivity index (χ2v) is 8.49. The minimum Gasteiger partial charge on any atom is -0.493 e. The fourth-order valence-electron chi connectivity index (χ4n) is 2.96. The minimum atomic E-state index is -5.26. The number of halogens is 4. The summed E-state index contributed by atoms with van der Waals surface area (Å²) in [4.78, 5) is 4.23. The number of benzene rings is 1. The van der Waals surface area contributed by atoms with Gasteiger partial charge >= 0.3 is 15.5 Å². The van der Waals surface area contributed by atoms with Crippen molar-refractivity contribution >= 4 is 40.0 Å². The Bertz CT molecular complexity index is 829. The van der Waals surface area contributed by atoms with Gasteiger partial charge in [0.1, 0.15) is 0 Å². The molecule has 172 valence electrons. The van der Waals surface area contributed by atoms with Gasteiger partial charge in [-0.15, -0.1) is 24.0 Å². The van der Waals surface area contributed by atoms with Crippen LogP contribution in [-0.2, 0) is 16.6 Å². The third kappa shape index (κ3) is 6.77. The zero-order valence-corrected chi connectivity index (χ0v) is 19.8. The van der Waals surface area contributed by atoms with Crippen LogP contribution in [0.25, 0.3) is 0 Å². The number of guanidine groups is 1. The van der Waals surface area contributed by atoms with Crippen molar-refractivity contribution in [2.75, 3.05) is 33.9 Å². The lowest BCUT2D eigenvalue weighted by Gasteiger charge is -2.31. The van der Waals surface area contributed by atoms with Gasteiger partial charge in [-0.3, -0.25) is 0 Å². The highest BCUT2D eigenvalue weighted by Crippen LogP contribution is 2.30. The summed E-state index contributed by atoms with van der Waals surface area (Å²) in [5.74, 6) is 1.38. The first-order valence-electron chi connectivity index (χ1n) is 8.89. The van der Waals surface area contributed by atoms with Gasteiger partial charge < -0.3 is 20.5 Å². The van der Waals surface area contributed by atoms with Gasteiger partial charge in [0.15, 0.2) is 17.5 Å². The van der Waals surface area contributed by atoms with Crippen molar-refractivity contribution in [3.05, 3.63) is 23.8 Å². The molecule has 0 amide bonds. The van der Waals surface area contributed by atoms with Crippen LogP contribution in [0.2, 0.25) is 0 Å². The van der Waals surface area contributed by atoms with E-state index in [2.05, 4.69) is 10.3 Å². The molecule has 1 heterocycles. The number of sulfonamides is 1. The van der Waals surface area contributed by atoms with Crippen molar-refractivity contribution in [3.8, 4) is 11.5 Å². The number of hydrogen-bond donors (Lipinski definition) is 2. The van der Waals surface area contributed by atoms with E-state index in [9.17, 15) is 21.6 Å². The Kier molecular flexibility index (Phi) is 9.94. The number of methoxy groups -OCH3 is 2. The molecule has 0 unspecified atom stereocenters. The number of aliphatic imine (C=N–C) groups is 1. The SMILES string of the molecule is COc1ccc(CN=C(N)NCC2CCN(S(=O)(=O)C(F)(F)F)CC2)cc1OC.I. The summed E-state index contributed by atoms with van der Waals surface area (Å²) in [6.45, 7) is 0.371. The van der Waals surface area contributed by atoms with Crippen LogP contribution in [0.1, 0.15) is 18.4 Å². The first-order valence-corrected chi connectivity index (χ1v) is 10.3. The molecule has 1 aromatic rings. The molecule has 0 bridgehead atoms. The van der Waals surface area contributed by atoms with Gasteiger partial charge in [0.05, 0.1) is 20.8 Å². The molecule has 2 rings (SSSR count). The van der Waals surface area contributed by atoms with E-state index >= 15 is 0 Å². The fourth-order valence-corrected chi connectivity index (χ4v) is 3.94. The van der Waals surface area contributed by atoms with Crippen LogP contribution in [0, 0.1) is 5.92 Å². The second-order valence-electron chi connectivity index (χ2n) is 6.56. The van der Waals surface area contributed by atoms with Gasteiger partial charge in [-0.25, -0.2) is 13.4 Å². The highest BCUT2D eigenvalue weighted by molar-refractivity contribution is 14.0. The van der Waals surface area contributed by atoms with Crippen LogP contribution in [0.15, 0.2) is 23.2 Å². The number of piperidine rings is 1. The Morgan fingerprint density at radius 1 is 1.23 bits per heavy atom. The molecule has 0 aromatic heterocycles. The van der Waals surface area contributed by atoms with E-state index in [0.717, 1.165) is 5.56 Å². The molecular weight excluding hydrogens is 540 g/mol. The summed E-state index contributed by atoms with van der Waals surface area (Å²) in [5, 5.41) is 2.94. The molecule has 13 heteroatoms. The summed E-state index contributed by atoms with van der Waals surface area (Å²) >= 11 is 0. The maximum absolute atomic E-state index is 12.6. The Balaban J connectivity index is 0.00000450. The van der Waals surface area contributed by atoms with E-state index < -0.39 is 15.5 Å². The zero-order valence-electron chi connectivity index (χ0n) is 16.6.